The second kappa shape index (κ2) is 7.36. The maximum atomic E-state index is 11.7. The minimum atomic E-state index is -0.778. The molecule has 5 nitrogen and oxygen atoms in total. The molecule has 1 aliphatic carbocycles. The van der Waals surface area contributed by atoms with Crippen LogP contribution in [0.2, 0.25) is 0 Å². The van der Waals surface area contributed by atoms with Crippen LogP contribution in [0, 0.1) is 5.41 Å². The number of carboxylic acid groups (broad SMARTS) is 1. The Labute approximate surface area is 166 Å². The average Bonchev–Trinajstić information content (AvgIpc) is 2.88. The topological polar surface area (TPSA) is 56.7 Å². The Morgan fingerprint density at radius 3 is 2.52 bits per heavy atom. The molecule has 0 spiro atoms. The number of fused-ring (bicyclic) bond motifs is 1. The van der Waals surface area contributed by atoms with Crippen molar-refractivity contribution in [3.63, 3.8) is 0 Å². The predicted octanol–water partition coefficient (Wildman–Crippen LogP) is 4.37. The van der Waals surface area contributed by atoms with Crippen LogP contribution in [0.15, 0.2) is 0 Å². The van der Waals surface area contributed by atoms with Gasteiger partial charge in [0.05, 0.1) is 10.7 Å². The first kappa shape index (κ1) is 19.2. The SMILES string of the molecule is CC(C)(C)C1CC(c2nc3c(s2)CCN(C2CCC2)CC3)CCN1C(=O)O. The highest BCUT2D eigenvalue weighted by Crippen LogP contribution is 2.41. The summed E-state index contributed by atoms with van der Waals surface area (Å²) in [6.07, 6.45) is 7.40. The number of nitrogens with zero attached hydrogens (tertiary/aromatic N) is 3. The van der Waals surface area contributed by atoms with Gasteiger partial charge in [-0.2, -0.15) is 0 Å². The molecule has 2 aliphatic heterocycles. The molecule has 0 aromatic carbocycles. The molecule has 2 unspecified atom stereocenters. The summed E-state index contributed by atoms with van der Waals surface area (Å²) >= 11 is 1.91. The van der Waals surface area contributed by atoms with Gasteiger partial charge in [-0.05, 0) is 37.5 Å². The van der Waals surface area contributed by atoms with Crippen LogP contribution in [0.4, 0.5) is 4.79 Å². The maximum absolute atomic E-state index is 11.7. The highest BCUT2D eigenvalue weighted by atomic mass is 32.1. The lowest BCUT2D eigenvalue weighted by molar-refractivity contribution is 0.0525. The first-order valence-corrected chi connectivity index (χ1v) is 11.4. The van der Waals surface area contributed by atoms with E-state index in [1.807, 2.05) is 11.3 Å². The summed E-state index contributed by atoms with van der Waals surface area (Å²) in [5.74, 6) is 0.407. The molecule has 3 aliphatic rings. The van der Waals surface area contributed by atoms with Crippen molar-refractivity contribution in [3.05, 3.63) is 15.6 Å². The van der Waals surface area contributed by atoms with E-state index in [0.717, 1.165) is 38.3 Å². The lowest BCUT2D eigenvalue weighted by atomic mass is 9.77. The van der Waals surface area contributed by atoms with Crippen LogP contribution in [0.1, 0.15) is 74.4 Å². The molecule has 2 atom stereocenters. The summed E-state index contributed by atoms with van der Waals surface area (Å²) < 4.78 is 0. The van der Waals surface area contributed by atoms with Gasteiger partial charge < -0.3 is 10.0 Å². The number of rotatable bonds is 2. The van der Waals surface area contributed by atoms with E-state index in [4.69, 9.17) is 4.98 Å². The summed E-state index contributed by atoms with van der Waals surface area (Å²) in [7, 11) is 0. The van der Waals surface area contributed by atoms with E-state index >= 15 is 0 Å². The van der Waals surface area contributed by atoms with Crippen molar-refractivity contribution >= 4 is 17.4 Å². The number of likely N-dealkylation sites (tertiary alicyclic amines) is 1. The molecule has 1 aromatic rings. The Morgan fingerprint density at radius 2 is 1.89 bits per heavy atom. The van der Waals surface area contributed by atoms with Gasteiger partial charge >= 0.3 is 6.09 Å². The van der Waals surface area contributed by atoms with Crippen LogP contribution in [0.5, 0.6) is 0 Å². The Morgan fingerprint density at radius 1 is 1.15 bits per heavy atom. The van der Waals surface area contributed by atoms with Crippen LogP contribution in [0.3, 0.4) is 0 Å². The number of aromatic nitrogens is 1. The molecule has 27 heavy (non-hydrogen) atoms. The Balaban J connectivity index is 1.46. The van der Waals surface area contributed by atoms with Gasteiger partial charge in [-0.15, -0.1) is 11.3 Å². The van der Waals surface area contributed by atoms with E-state index in [1.54, 1.807) is 4.90 Å². The molecule has 0 bridgehead atoms. The largest absolute Gasteiger partial charge is 0.465 e. The fourth-order valence-corrected chi connectivity index (χ4v) is 6.18. The third-order valence-corrected chi connectivity index (χ3v) is 8.16. The summed E-state index contributed by atoms with van der Waals surface area (Å²) in [4.78, 5) is 22.6. The van der Waals surface area contributed by atoms with E-state index in [0.29, 0.717) is 12.5 Å². The number of hydrogen-bond acceptors (Lipinski definition) is 4. The number of carbonyl (C=O) groups is 1. The fraction of sp³-hybridized carbons (Fsp3) is 0.810. The molecule has 1 N–H and O–H groups in total. The minimum absolute atomic E-state index is 0.0469. The monoisotopic (exact) mass is 391 g/mol. The first-order chi connectivity index (χ1) is 12.8. The van der Waals surface area contributed by atoms with Gasteiger partial charge in [-0.1, -0.05) is 27.2 Å². The van der Waals surface area contributed by atoms with Crippen LogP contribution in [0.25, 0.3) is 0 Å². The summed E-state index contributed by atoms with van der Waals surface area (Å²) in [6.45, 7) is 9.43. The van der Waals surface area contributed by atoms with Crippen LogP contribution >= 0.6 is 11.3 Å². The molecular weight excluding hydrogens is 358 g/mol. The molecule has 1 saturated carbocycles. The van der Waals surface area contributed by atoms with Crippen molar-refractivity contribution in [1.82, 2.24) is 14.8 Å². The van der Waals surface area contributed by atoms with E-state index in [-0.39, 0.29) is 11.5 Å². The average molecular weight is 392 g/mol. The van der Waals surface area contributed by atoms with Gasteiger partial charge in [-0.3, -0.25) is 4.90 Å². The van der Waals surface area contributed by atoms with Crippen molar-refractivity contribution in [3.8, 4) is 0 Å². The molecule has 1 saturated heterocycles. The van der Waals surface area contributed by atoms with Gasteiger partial charge in [-0.25, -0.2) is 9.78 Å². The van der Waals surface area contributed by atoms with Crippen molar-refractivity contribution in [1.29, 1.82) is 0 Å². The Hall–Kier alpha value is -1.14. The summed E-state index contributed by atoms with van der Waals surface area (Å²) in [5.41, 5.74) is 1.28. The lowest BCUT2D eigenvalue weighted by Crippen LogP contribution is -2.51. The molecule has 1 amide bonds. The molecular formula is C21H33N3O2S. The van der Waals surface area contributed by atoms with Gasteiger partial charge in [0.2, 0.25) is 0 Å². The van der Waals surface area contributed by atoms with E-state index in [9.17, 15) is 9.90 Å². The molecule has 150 valence electrons. The van der Waals surface area contributed by atoms with Crippen LogP contribution in [-0.2, 0) is 12.8 Å². The summed E-state index contributed by atoms with van der Waals surface area (Å²) in [5, 5.41) is 10.9. The fourth-order valence-electron chi connectivity index (χ4n) is 4.93. The smallest absolute Gasteiger partial charge is 0.407 e. The van der Waals surface area contributed by atoms with Crippen molar-refractivity contribution in [2.75, 3.05) is 19.6 Å². The minimum Gasteiger partial charge on any atom is -0.465 e. The van der Waals surface area contributed by atoms with Crippen molar-refractivity contribution in [2.45, 2.75) is 83.7 Å². The highest BCUT2D eigenvalue weighted by molar-refractivity contribution is 7.11. The van der Waals surface area contributed by atoms with E-state index in [2.05, 4.69) is 25.7 Å². The first-order valence-electron chi connectivity index (χ1n) is 10.5. The maximum Gasteiger partial charge on any atom is 0.407 e. The molecule has 0 radical (unpaired) electrons. The normalized spacial score (nSPS) is 27.7. The third-order valence-electron chi connectivity index (χ3n) is 6.84. The molecule has 3 heterocycles. The molecule has 1 aromatic heterocycles. The van der Waals surface area contributed by atoms with Crippen molar-refractivity contribution < 1.29 is 9.90 Å². The van der Waals surface area contributed by atoms with E-state index in [1.165, 1.54) is 41.4 Å². The number of thiazole rings is 1. The second-order valence-electron chi connectivity index (χ2n) is 9.62. The Kier molecular flexibility index (Phi) is 5.23. The van der Waals surface area contributed by atoms with Gasteiger partial charge in [0.25, 0.3) is 0 Å². The highest BCUT2D eigenvalue weighted by Gasteiger charge is 2.40. The summed E-state index contributed by atoms with van der Waals surface area (Å²) in [6, 6.07) is 0.887. The molecule has 2 fully saturated rings. The quantitative estimate of drug-likeness (QED) is 0.813. The molecule has 6 heteroatoms. The molecule has 4 rings (SSSR count). The van der Waals surface area contributed by atoms with E-state index < -0.39 is 6.09 Å². The van der Waals surface area contributed by atoms with Crippen molar-refractivity contribution in [2.24, 2.45) is 5.41 Å². The second-order valence-corrected chi connectivity index (χ2v) is 10.7. The number of amides is 1. The zero-order valence-corrected chi connectivity index (χ0v) is 17.7. The third kappa shape index (κ3) is 3.88. The number of hydrogen-bond donors (Lipinski definition) is 1. The zero-order chi connectivity index (χ0) is 19.2. The van der Waals surface area contributed by atoms with Crippen LogP contribution < -0.4 is 0 Å². The van der Waals surface area contributed by atoms with Gasteiger partial charge in [0.1, 0.15) is 0 Å². The Bertz CT molecular complexity index is 667. The van der Waals surface area contributed by atoms with Crippen LogP contribution in [-0.4, -0.2) is 57.7 Å². The number of piperidine rings is 1. The van der Waals surface area contributed by atoms with Gasteiger partial charge in [0.15, 0.2) is 0 Å². The lowest BCUT2D eigenvalue weighted by Gasteiger charge is -2.44. The predicted molar refractivity (Wildman–Crippen MR) is 109 cm³/mol. The standard InChI is InChI=1S/C21H33N3O2S/c1-21(2,3)18-13-14(7-12-24(18)20(25)26)19-22-16-8-10-23(15-5-4-6-15)11-9-17(16)27-19/h14-15,18H,4-13H2,1-3H3,(H,25,26). The van der Waals surface area contributed by atoms with Gasteiger partial charge in [0, 0.05) is 48.9 Å². The zero-order valence-electron chi connectivity index (χ0n) is 16.9.